The zero-order valence-electron chi connectivity index (χ0n) is 14.0. The number of rotatable bonds is 11. The van der Waals surface area contributed by atoms with Crippen LogP contribution in [0.25, 0.3) is 0 Å². The Balaban J connectivity index is 4.95. The van der Waals surface area contributed by atoms with E-state index < -0.39 is 67.2 Å². The van der Waals surface area contributed by atoms with Gasteiger partial charge in [-0.3, -0.25) is 14.4 Å². The largest absolute Gasteiger partial charge is 0.480 e. The maximum Gasteiger partial charge on any atom is 0.328 e. The van der Waals surface area contributed by atoms with Crippen LogP contribution in [0, 0.1) is 0 Å². The Labute approximate surface area is 154 Å². The van der Waals surface area contributed by atoms with Crippen LogP contribution in [0.1, 0.15) is 6.92 Å². The zero-order chi connectivity index (χ0) is 20.4. The number of aliphatic hydroxyl groups excluding tert-OH is 3. The molecule has 12 nitrogen and oxygen atoms in total. The van der Waals surface area contributed by atoms with Crippen molar-refractivity contribution in [1.29, 1.82) is 0 Å². The normalized spacial score (nSPS) is 16.5. The Morgan fingerprint density at radius 3 is 1.85 bits per heavy atom. The number of thiol groups is 1. The number of carbonyl (C=O) groups is 4. The third kappa shape index (κ3) is 7.53. The van der Waals surface area contributed by atoms with E-state index in [0.717, 1.165) is 6.92 Å². The van der Waals surface area contributed by atoms with Crippen LogP contribution in [0.5, 0.6) is 0 Å². The van der Waals surface area contributed by atoms with Gasteiger partial charge in [-0.1, -0.05) is 0 Å². The van der Waals surface area contributed by atoms with E-state index in [1.807, 2.05) is 5.32 Å². The van der Waals surface area contributed by atoms with Gasteiger partial charge in [-0.15, -0.1) is 0 Å². The molecule has 0 aromatic carbocycles. The molecule has 0 saturated heterocycles. The smallest absolute Gasteiger partial charge is 0.328 e. The van der Waals surface area contributed by atoms with Crippen molar-refractivity contribution in [3.05, 3.63) is 0 Å². The van der Waals surface area contributed by atoms with Gasteiger partial charge in [0.2, 0.25) is 17.7 Å². The minimum Gasteiger partial charge on any atom is -0.480 e. The first-order valence-corrected chi connectivity index (χ1v) is 8.12. The molecule has 0 aliphatic heterocycles. The Kier molecular flexibility index (Phi) is 10.8. The molecule has 26 heavy (non-hydrogen) atoms. The van der Waals surface area contributed by atoms with Crippen LogP contribution in [0.15, 0.2) is 0 Å². The summed E-state index contributed by atoms with van der Waals surface area (Å²) in [5, 5.41) is 42.6. The molecule has 0 rings (SSSR count). The van der Waals surface area contributed by atoms with Crippen LogP contribution in [0.3, 0.4) is 0 Å². The summed E-state index contributed by atoms with van der Waals surface area (Å²) >= 11 is 3.89. The van der Waals surface area contributed by atoms with Crippen molar-refractivity contribution in [2.24, 2.45) is 5.73 Å². The molecular formula is C13H24N4O8S. The van der Waals surface area contributed by atoms with Crippen molar-refractivity contribution in [3.63, 3.8) is 0 Å². The van der Waals surface area contributed by atoms with Crippen molar-refractivity contribution in [2.45, 2.75) is 37.2 Å². The fourth-order valence-electron chi connectivity index (χ4n) is 1.66. The number of carboxylic acids is 1. The molecule has 0 heterocycles. The molecule has 0 aliphatic rings. The molecule has 150 valence electrons. The van der Waals surface area contributed by atoms with Gasteiger partial charge in [0.1, 0.15) is 18.1 Å². The summed E-state index contributed by atoms with van der Waals surface area (Å²) in [5.41, 5.74) is 5.30. The molecule has 0 aromatic heterocycles. The number of aliphatic hydroxyl groups is 3. The maximum absolute atomic E-state index is 12.1. The summed E-state index contributed by atoms with van der Waals surface area (Å²) in [6, 6.07) is -5.66. The fraction of sp³-hybridized carbons (Fsp3) is 0.692. The van der Waals surface area contributed by atoms with Gasteiger partial charge in [-0.2, -0.15) is 12.6 Å². The summed E-state index contributed by atoms with van der Waals surface area (Å²) in [4.78, 5) is 46.7. The molecule has 5 unspecified atom stereocenters. The predicted molar refractivity (Wildman–Crippen MR) is 91.1 cm³/mol. The van der Waals surface area contributed by atoms with Gasteiger partial charge in [0.05, 0.1) is 19.3 Å². The average Bonchev–Trinajstić information content (AvgIpc) is 2.59. The van der Waals surface area contributed by atoms with Crippen molar-refractivity contribution in [2.75, 3.05) is 19.0 Å². The monoisotopic (exact) mass is 396 g/mol. The molecule has 13 heteroatoms. The second-order valence-electron chi connectivity index (χ2n) is 5.34. The molecule has 0 spiro atoms. The van der Waals surface area contributed by atoms with E-state index >= 15 is 0 Å². The Morgan fingerprint density at radius 1 is 0.962 bits per heavy atom. The number of hydrogen-bond donors (Lipinski definition) is 9. The second kappa shape index (κ2) is 11.6. The highest BCUT2D eigenvalue weighted by atomic mass is 32.1. The van der Waals surface area contributed by atoms with Crippen LogP contribution >= 0.6 is 12.6 Å². The number of carbonyl (C=O) groups excluding carboxylic acids is 3. The molecule has 0 fully saturated rings. The lowest BCUT2D eigenvalue weighted by atomic mass is 10.1. The number of aliphatic carboxylic acids is 1. The summed E-state index contributed by atoms with van der Waals surface area (Å²) in [5.74, 6) is -4.45. The number of amides is 3. The van der Waals surface area contributed by atoms with Crippen LogP contribution in [-0.4, -0.2) is 93.4 Å². The van der Waals surface area contributed by atoms with E-state index in [1.165, 1.54) is 0 Å². The SMILES string of the molecule is CC(O)C(NC(=O)C(CO)NC(=O)C(CS)NC(=O)C(N)CO)C(=O)O. The van der Waals surface area contributed by atoms with Crippen LogP contribution < -0.4 is 21.7 Å². The van der Waals surface area contributed by atoms with Crippen LogP contribution in [0.2, 0.25) is 0 Å². The first-order valence-electron chi connectivity index (χ1n) is 7.49. The standard InChI is InChI=1S/C13H24N4O8S/c1-5(20)9(13(24)25)17-11(22)7(3-19)15-12(23)8(4-26)16-10(21)6(14)2-18/h5-9,18-20,26H,2-4,14H2,1H3,(H,15,23)(H,16,21)(H,17,22)(H,24,25). The van der Waals surface area contributed by atoms with Gasteiger partial charge in [-0.05, 0) is 6.92 Å². The number of carboxylic acid groups (broad SMARTS) is 1. The van der Waals surface area contributed by atoms with Crippen LogP contribution in [0.4, 0.5) is 0 Å². The quantitative estimate of drug-likeness (QED) is 0.153. The van der Waals surface area contributed by atoms with Crippen molar-refractivity contribution in [3.8, 4) is 0 Å². The lowest BCUT2D eigenvalue weighted by Gasteiger charge is -2.24. The number of nitrogens with one attached hydrogen (secondary N) is 3. The van der Waals surface area contributed by atoms with Crippen molar-refractivity contribution < 1.29 is 39.6 Å². The molecular weight excluding hydrogens is 372 g/mol. The third-order valence-electron chi connectivity index (χ3n) is 3.21. The van der Waals surface area contributed by atoms with E-state index in [1.54, 1.807) is 0 Å². The molecule has 0 aromatic rings. The first-order chi connectivity index (χ1) is 12.1. The van der Waals surface area contributed by atoms with Gasteiger partial charge in [-0.25, -0.2) is 4.79 Å². The van der Waals surface area contributed by atoms with Crippen LogP contribution in [-0.2, 0) is 19.2 Å². The van der Waals surface area contributed by atoms with Gasteiger partial charge in [0.15, 0.2) is 6.04 Å². The molecule has 0 saturated carbocycles. The Hall–Kier alpha value is -1.93. The van der Waals surface area contributed by atoms with E-state index in [0.29, 0.717) is 0 Å². The minimum absolute atomic E-state index is 0.180. The van der Waals surface area contributed by atoms with Gasteiger partial charge >= 0.3 is 5.97 Å². The Morgan fingerprint density at radius 2 is 1.46 bits per heavy atom. The van der Waals surface area contributed by atoms with E-state index in [9.17, 15) is 29.4 Å². The molecule has 0 aliphatic carbocycles. The zero-order valence-corrected chi connectivity index (χ0v) is 14.8. The highest BCUT2D eigenvalue weighted by Crippen LogP contribution is 1.97. The summed E-state index contributed by atoms with van der Waals surface area (Å²) < 4.78 is 0. The van der Waals surface area contributed by atoms with Crippen molar-refractivity contribution in [1.82, 2.24) is 16.0 Å². The Bertz CT molecular complexity index is 518. The lowest BCUT2D eigenvalue weighted by molar-refractivity contribution is -0.145. The predicted octanol–water partition coefficient (Wildman–Crippen LogP) is -4.85. The fourth-order valence-corrected chi connectivity index (χ4v) is 1.92. The van der Waals surface area contributed by atoms with E-state index in [4.69, 9.17) is 15.9 Å². The second-order valence-corrected chi connectivity index (χ2v) is 5.71. The first kappa shape index (κ1) is 24.1. The van der Waals surface area contributed by atoms with Gasteiger partial charge in [0.25, 0.3) is 0 Å². The number of hydrogen-bond acceptors (Lipinski definition) is 9. The maximum atomic E-state index is 12.1. The third-order valence-corrected chi connectivity index (χ3v) is 3.58. The molecule has 9 N–H and O–H groups in total. The van der Waals surface area contributed by atoms with Crippen molar-refractivity contribution >= 4 is 36.3 Å². The van der Waals surface area contributed by atoms with Gasteiger partial charge in [0, 0.05) is 5.75 Å². The molecule has 3 amide bonds. The molecule has 0 radical (unpaired) electrons. The summed E-state index contributed by atoms with van der Waals surface area (Å²) in [7, 11) is 0. The lowest BCUT2D eigenvalue weighted by Crippen LogP contribution is -2.59. The van der Waals surface area contributed by atoms with Gasteiger partial charge < -0.3 is 42.1 Å². The topological polar surface area (TPSA) is 211 Å². The average molecular weight is 396 g/mol. The summed E-state index contributed by atoms with van der Waals surface area (Å²) in [6.07, 6.45) is -1.42. The summed E-state index contributed by atoms with van der Waals surface area (Å²) in [6.45, 7) is -0.375. The molecule has 0 bridgehead atoms. The van der Waals surface area contributed by atoms with E-state index in [2.05, 4.69) is 23.3 Å². The highest BCUT2D eigenvalue weighted by molar-refractivity contribution is 7.80. The number of nitrogens with two attached hydrogens (primary N) is 1. The highest BCUT2D eigenvalue weighted by Gasteiger charge is 2.31. The van der Waals surface area contributed by atoms with E-state index in [-0.39, 0.29) is 5.75 Å². The molecule has 5 atom stereocenters. The minimum atomic E-state index is -1.64.